The van der Waals surface area contributed by atoms with Gasteiger partial charge in [0.2, 0.25) is 5.95 Å². The Hall–Kier alpha value is -1.57. The van der Waals surface area contributed by atoms with Gasteiger partial charge in [0.25, 0.3) is 0 Å². The van der Waals surface area contributed by atoms with Crippen molar-refractivity contribution in [3.8, 4) is 0 Å². The molecule has 0 atom stereocenters. The summed E-state index contributed by atoms with van der Waals surface area (Å²) in [6.45, 7) is -1.67. The summed E-state index contributed by atoms with van der Waals surface area (Å²) in [5, 5.41) is 8.81. The van der Waals surface area contributed by atoms with Crippen molar-refractivity contribution in [1.29, 1.82) is 0 Å². The average Bonchev–Trinajstić information content (AvgIpc) is 2.27. The van der Waals surface area contributed by atoms with Crippen LogP contribution in [0.25, 0.3) is 0 Å². The Morgan fingerprint density at radius 1 is 1.33 bits per heavy atom. The van der Waals surface area contributed by atoms with E-state index in [1.165, 1.54) is 12.3 Å². The molecule has 0 aliphatic rings. The molecule has 5 nitrogen and oxygen atoms in total. The molecule has 18 heavy (non-hydrogen) atoms. The molecule has 0 saturated carbocycles. The predicted octanol–water partition coefficient (Wildman–Crippen LogP) is 0.904. The average molecular weight is 264 g/mol. The molecule has 1 aromatic heterocycles. The van der Waals surface area contributed by atoms with Gasteiger partial charge < -0.3 is 14.9 Å². The molecule has 0 bridgehead atoms. The third-order valence-electron chi connectivity index (χ3n) is 2.09. The molecule has 1 rings (SSSR count). The molecule has 8 heteroatoms. The summed E-state index contributed by atoms with van der Waals surface area (Å²) < 4.78 is 37.2. The summed E-state index contributed by atoms with van der Waals surface area (Å²) in [7, 11) is 3.39. The van der Waals surface area contributed by atoms with Crippen LogP contribution in [0.5, 0.6) is 0 Å². The van der Waals surface area contributed by atoms with Crippen molar-refractivity contribution in [2.75, 3.05) is 43.6 Å². The minimum atomic E-state index is -4.35. The van der Waals surface area contributed by atoms with Gasteiger partial charge in [-0.2, -0.15) is 18.2 Å². The largest absolute Gasteiger partial charge is 0.405 e. The lowest BCUT2D eigenvalue weighted by atomic mass is 10.4. The SMILES string of the molecule is CN(C)c1nccc(N(CCO)CC(F)(F)F)n1. The smallest absolute Gasteiger partial charge is 0.395 e. The first-order chi connectivity index (χ1) is 8.33. The highest BCUT2D eigenvalue weighted by molar-refractivity contribution is 5.43. The van der Waals surface area contributed by atoms with E-state index >= 15 is 0 Å². The van der Waals surface area contributed by atoms with Crippen LogP contribution in [0.15, 0.2) is 12.3 Å². The van der Waals surface area contributed by atoms with E-state index in [2.05, 4.69) is 9.97 Å². The van der Waals surface area contributed by atoms with Crippen LogP contribution in [0.4, 0.5) is 24.9 Å². The molecule has 0 radical (unpaired) electrons. The molecule has 0 spiro atoms. The fourth-order valence-corrected chi connectivity index (χ4v) is 1.34. The topological polar surface area (TPSA) is 52.5 Å². The maximum Gasteiger partial charge on any atom is 0.405 e. The number of hydrogen-bond acceptors (Lipinski definition) is 5. The maximum absolute atomic E-state index is 12.4. The summed E-state index contributed by atoms with van der Waals surface area (Å²) in [5.41, 5.74) is 0. The minimum Gasteiger partial charge on any atom is -0.395 e. The Kier molecular flexibility index (Phi) is 4.71. The van der Waals surface area contributed by atoms with Crippen LogP contribution in [0.1, 0.15) is 0 Å². The van der Waals surface area contributed by atoms with Crippen LogP contribution in [-0.2, 0) is 0 Å². The molecule has 0 aliphatic heterocycles. The number of halogens is 3. The van der Waals surface area contributed by atoms with Gasteiger partial charge in [0.05, 0.1) is 6.61 Å². The normalized spacial score (nSPS) is 11.4. The number of alkyl halides is 3. The molecule has 0 aromatic carbocycles. The highest BCUT2D eigenvalue weighted by Gasteiger charge is 2.31. The van der Waals surface area contributed by atoms with Crippen molar-refractivity contribution >= 4 is 11.8 Å². The van der Waals surface area contributed by atoms with Crippen molar-refractivity contribution in [3.63, 3.8) is 0 Å². The van der Waals surface area contributed by atoms with E-state index < -0.39 is 12.7 Å². The van der Waals surface area contributed by atoms with Crippen LogP contribution in [0.2, 0.25) is 0 Å². The number of hydrogen-bond donors (Lipinski definition) is 1. The summed E-state index contributed by atoms with van der Waals surface area (Å²) >= 11 is 0. The van der Waals surface area contributed by atoms with E-state index in [4.69, 9.17) is 5.11 Å². The lowest BCUT2D eigenvalue weighted by Crippen LogP contribution is -2.37. The van der Waals surface area contributed by atoms with Gasteiger partial charge in [-0.05, 0) is 6.07 Å². The van der Waals surface area contributed by atoms with E-state index in [0.717, 1.165) is 4.90 Å². The van der Waals surface area contributed by atoms with Gasteiger partial charge in [0, 0.05) is 26.8 Å². The summed E-state index contributed by atoms with van der Waals surface area (Å²) in [6, 6.07) is 1.38. The molecule has 0 fully saturated rings. The fraction of sp³-hybridized carbons (Fsp3) is 0.600. The summed E-state index contributed by atoms with van der Waals surface area (Å²) in [5.74, 6) is 0.456. The number of aliphatic hydroxyl groups is 1. The van der Waals surface area contributed by atoms with Gasteiger partial charge in [0.15, 0.2) is 0 Å². The van der Waals surface area contributed by atoms with Gasteiger partial charge in [0.1, 0.15) is 12.4 Å². The predicted molar refractivity (Wildman–Crippen MR) is 61.7 cm³/mol. The first kappa shape index (κ1) is 14.5. The van der Waals surface area contributed by atoms with Gasteiger partial charge in [-0.15, -0.1) is 0 Å². The monoisotopic (exact) mass is 264 g/mol. The zero-order valence-electron chi connectivity index (χ0n) is 10.1. The van der Waals surface area contributed by atoms with Crippen molar-refractivity contribution in [3.05, 3.63) is 12.3 Å². The van der Waals surface area contributed by atoms with E-state index in [0.29, 0.717) is 5.95 Å². The van der Waals surface area contributed by atoms with Crippen LogP contribution in [0, 0.1) is 0 Å². The van der Waals surface area contributed by atoms with Crippen LogP contribution < -0.4 is 9.80 Å². The summed E-state index contributed by atoms with van der Waals surface area (Å²) in [4.78, 5) is 10.5. The van der Waals surface area contributed by atoms with E-state index in [-0.39, 0.29) is 19.0 Å². The molecule has 1 N–H and O–H groups in total. The molecule has 0 aliphatic carbocycles. The minimum absolute atomic E-state index is 0.136. The molecule has 1 heterocycles. The van der Waals surface area contributed by atoms with Gasteiger partial charge >= 0.3 is 6.18 Å². The molecular weight excluding hydrogens is 249 g/mol. The second-order valence-corrected chi connectivity index (χ2v) is 3.87. The summed E-state index contributed by atoms with van der Waals surface area (Å²) in [6.07, 6.45) is -2.96. The third-order valence-corrected chi connectivity index (χ3v) is 2.09. The highest BCUT2D eigenvalue weighted by Crippen LogP contribution is 2.21. The quantitative estimate of drug-likeness (QED) is 0.856. The fourth-order valence-electron chi connectivity index (χ4n) is 1.34. The second-order valence-electron chi connectivity index (χ2n) is 3.87. The number of anilines is 2. The molecule has 0 unspecified atom stereocenters. The van der Waals surface area contributed by atoms with Crippen molar-refractivity contribution in [1.82, 2.24) is 9.97 Å². The maximum atomic E-state index is 12.4. The number of aromatic nitrogens is 2. The Balaban J connectivity index is 2.94. The standard InChI is InChI=1S/C10H15F3N4O/c1-16(2)9-14-4-3-8(15-9)17(5-6-18)7-10(11,12)13/h3-4,18H,5-7H2,1-2H3. The van der Waals surface area contributed by atoms with E-state index in [9.17, 15) is 13.2 Å². The molecule has 102 valence electrons. The molecule has 1 aromatic rings. The van der Waals surface area contributed by atoms with Gasteiger partial charge in [-0.3, -0.25) is 0 Å². The van der Waals surface area contributed by atoms with Crippen LogP contribution in [0.3, 0.4) is 0 Å². The van der Waals surface area contributed by atoms with Crippen LogP contribution in [-0.4, -0.2) is 55.0 Å². The van der Waals surface area contributed by atoms with Crippen molar-refractivity contribution in [2.24, 2.45) is 0 Å². The Labute approximate surface area is 103 Å². The van der Waals surface area contributed by atoms with Crippen molar-refractivity contribution < 1.29 is 18.3 Å². The lowest BCUT2D eigenvalue weighted by Gasteiger charge is -2.24. The first-order valence-electron chi connectivity index (χ1n) is 5.26. The van der Waals surface area contributed by atoms with Crippen LogP contribution >= 0.6 is 0 Å². The van der Waals surface area contributed by atoms with Gasteiger partial charge in [-0.1, -0.05) is 0 Å². The Morgan fingerprint density at radius 3 is 2.50 bits per heavy atom. The highest BCUT2D eigenvalue weighted by atomic mass is 19.4. The number of rotatable bonds is 5. The van der Waals surface area contributed by atoms with E-state index in [1.807, 2.05) is 0 Å². The Bertz CT molecular complexity index is 384. The lowest BCUT2D eigenvalue weighted by molar-refractivity contribution is -0.120. The molecule has 0 amide bonds. The van der Waals surface area contributed by atoms with Crippen molar-refractivity contribution in [2.45, 2.75) is 6.18 Å². The van der Waals surface area contributed by atoms with E-state index in [1.54, 1.807) is 19.0 Å². The van der Waals surface area contributed by atoms with Gasteiger partial charge in [-0.25, -0.2) is 4.98 Å². The first-order valence-corrected chi connectivity index (χ1v) is 5.26. The Morgan fingerprint density at radius 2 is 2.00 bits per heavy atom. The second kappa shape index (κ2) is 5.85. The zero-order valence-corrected chi connectivity index (χ0v) is 10.1. The number of nitrogens with zero attached hydrogens (tertiary/aromatic N) is 4. The third kappa shape index (κ3) is 4.36. The number of aliphatic hydroxyl groups excluding tert-OH is 1. The molecular formula is C10H15F3N4O. The zero-order chi connectivity index (χ0) is 13.8. The molecule has 0 saturated heterocycles.